The van der Waals surface area contributed by atoms with E-state index in [-0.39, 0.29) is 0 Å². The fraction of sp³-hybridized carbons (Fsp3) is 0.333. The second kappa shape index (κ2) is 1.59. The van der Waals surface area contributed by atoms with Gasteiger partial charge in [0, 0.05) is 0 Å². The lowest BCUT2D eigenvalue weighted by Gasteiger charge is -1.99. The smallest absolute Gasteiger partial charge is 0.218 e. The van der Waals surface area contributed by atoms with E-state index < -0.39 is 0 Å². The predicted octanol–water partition coefficient (Wildman–Crippen LogP) is -1.11. The van der Waals surface area contributed by atoms with Crippen molar-refractivity contribution in [2.45, 2.75) is 0 Å². The van der Waals surface area contributed by atoms with Crippen LogP contribution >= 0.6 is 0 Å². The first-order valence-electron chi connectivity index (χ1n) is 1.95. The monoisotopic (exact) mass is 98.1 g/mol. The number of aliphatic imine (C=N–C) groups is 2. The third-order valence-electron chi connectivity index (χ3n) is 0.620. The third kappa shape index (κ3) is 0.887. The lowest BCUT2D eigenvalue weighted by molar-refractivity contribution is 0.921. The summed E-state index contributed by atoms with van der Waals surface area (Å²) in [6.07, 6.45) is 1.53. The van der Waals surface area contributed by atoms with Gasteiger partial charge in [0.05, 0.1) is 6.34 Å². The van der Waals surface area contributed by atoms with Crippen LogP contribution in [-0.2, 0) is 0 Å². The highest BCUT2D eigenvalue weighted by Gasteiger charge is 1.87. The Labute approximate surface area is 41.1 Å². The van der Waals surface area contributed by atoms with Gasteiger partial charge >= 0.3 is 0 Å². The van der Waals surface area contributed by atoms with Crippen LogP contribution in [0.5, 0.6) is 0 Å². The fourth-order valence-corrected chi connectivity index (χ4v) is 0.320. The minimum Gasteiger partial charge on any atom is -0.368 e. The average molecular weight is 98.1 g/mol. The van der Waals surface area contributed by atoms with E-state index in [1.807, 2.05) is 0 Å². The van der Waals surface area contributed by atoms with Gasteiger partial charge in [0.1, 0.15) is 6.67 Å². The zero-order valence-corrected chi connectivity index (χ0v) is 3.76. The molecule has 1 aliphatic rings. The Morgan fingerprint density at radius 3 is 3.00 bits per heavy atom. The molecule has 7 heavy (non-hydrogen) atoms. The number of nitrogens with one attached hydrogen (secondary N) is 1. The molecule has 4 heteroatoms. The molecule has 0 unspecified atom stereocenters. The minimum atomic E-state index is 0.346. The number of nitrogens with two attached hydrogens (primary N) is 1. The zero-order chi connectivity index (χ0) is 5.11. The maximum Gasteiger partial charge on any atom is 0.218 e. The molecule has 0 aromatic heterocycles. The Morgan fingerprint density at radius 2 is 2.71 bits per heavy atom. The van der Waals surface area contributed by atoms with Crippen LogP contribution in [0.3, 0.4) is 0 Å². The molecule has 1 rings (SSSR count). The average Bonchev–Trinajstić information content (AvgIpc) is 1.69. The van der Waals surface area contributed by atoms with Gasteiger partial charge in [-0.25, -0.2) is 9.98 Å². The molecule has 0 saturated heterocycles. The van der Waals surface area contributed by atoms with Gasteiger partial charge in [-0.1, -0.05) is 0 Å². The number of nitrogens with zero attached hydrogens (tertiary/aromatic N) is 2. The van der Waals surface area contributed by atoms with E-state index in [0.29, 0.717) is 12.6 Å². The second-order valence-corrected chi connectivity index (χ2v) is 1.14. The molecule has 0 spiro atoms. The van der Waals surface area contributed by atoms with Crippen molar-refractivity contribution >= 4 is 12.3 Å². The lowest BCUT2D eigenvalue weighted by Crippen LogP contribution is -2.22. The first kappa shape index (κ1) is 4.11. The van der Waals surface area contributed by atoms with Crippen molar-refractivity contribution in [3.63, 3.8) is 0 Å². The van der Waals surface area contributed by atoms with E-state index >= 15 is 0 Å². The van der Waals surface area contributed by atoms with Gasteiger partial charge in [-0.15, -0.1) is 0 Å². The van der Waals surface area contributed by atoms with Crippen LogP contribution < -0.4 is 11.1 Å². The van der Waals surface area contributed by atoms with E-state index in [2.05, 4.69) is 15.3 Å². The van der Waals surface area contributed by atoms with Crippen molar-refractivity contribution in [1.29, 1.82) is 0 Å². The summed E-state index contributed by atoms with van der Waals surface area (Å²) in [6, 6.07) is 0. The summed E-state index contributed by atoms with van der Waals surface area (Å²) >= 11 is 0. The predicted molar refractivity (Wildman–Crippen MR) is 28.1 cm³/mol. The number of hydrogen-bond donors (Lipinski definition) is 2. The maximum atomic E-state index is 5.15. The highest BCUT2D eigenvalue weighted by molar-refractivity contribution is 5.87. The van der Waals surface area contributed by atoms with Gasteiger partial charge in [-0.3, -0.25) is 0 Å². The van der Waals surface area contributed by atoms with Crippen molar-refractivity contribution in [3.8, 4) is 0 Å². The van der Waals surface area contributed by atoms with Gasteiger partial charge < -0.3 is 11.1 Å². The summed E-state index contributed by atoms with van der Waals surface area (Å²) in [4.78, 5) is 7.34. The Kier molecular flexibility index (Phi) is 0.934. The molecule has 0 atom stereocenters. The maximum absolute atomic E-state index is 5.15. The molecule has 0 bridgehead atoms. The van der Waals surface area contributed by atoms with Crippen molar-refractivity contribution in [1.82, 2.24) is 5.32 Å². The lowest BCUT2D eigenvalue weighted by atomic mass is 10.9. The SMILES string of the molecule is NC1=NCNC=N1. The Hall–Kier alpha value is -1.06. The summed E-state index contributed by atoms with van der Waals surface area (Å²) in [5.74, 6) is 0.346. The van der Waals surface area contributed by atoms with Gasteiger partial charge in [0.2, 0.25) is 5.96 Å². The molecule has 1 aliphatic heterocycles. The quantitative estimate of drug-likeness (QED) is 0.403. The van der Waals surface area contributed by atoms with Crippen LogP contribution in [0.25, 0.3) is 0 Å². The number of guanidine groups is 1. The molecule has 0 saturated carbocycles. The normalized spacial score (nSPS) is 18.0. The molecule has 0 amide bonds. The van der Waals surface area contributed by atoms with Crippen LogP contribution in [0, 0.1) is 0 Å². The fourth-order valence-electron chi connectivity index (χ4n) is 0.320. The van der Waals surface area contributed by atoms with Crippen LogP contribution in [0.2, 0.25) is 0 Å². The summed E-state index contributed by atoms with van der Waals surface area (Å²) < 4.78 is 0. The Balaban J connectivity index is 2.58. The molecular weight excluding hydrogens is 92.1 g/mol. The summed E-state index contributed by atoms with van der Waals surface area (Å²) in [6.45, 7) is 0.551. The molecule has 0 aromatic carbocycles. The molecule has 38 valence electrons. The highest BCUT2D eigenvalue weighted by atomic mass is 15.2. The van der Waals surface area contributed by atoms with Gasteiger partial charge in [-0.2, -0.15) is 0 Å². The molecule has 0 aromatic rings. The zero-order valence-electron chi connectivity index (χ0n) is 3.76. The molecular formula is C3H6N4. The van der Waals surface area contributed by atoms with E-state index in [9.17, 15) is 0 Å². The molecule has 4 nitrogen and oxygen atoms in total. The molecule has 0 fully saturated rings. The largest absolute Gasteiger partial charge is 0.368 e. The first-order valence-corrected chi connectivity index (χ1v) is 1.95. The van der Waals surface area contributed by atoms with Gasteiger partial charge in [0.15, 0.2) is 0 Å². The van der Waals surface area contributed by atoms with Crippen LogP contribution in [-0.4, -0.2) is 19.0 Å². The van der Waals surface area contributed by atoms with E-state index in [1.165, 1.54) is 6.34 Å². The van der Waals surface area contributed by atoms with Crippen molar-refractivity contribution < 1.29 is 0 Å². The summed E-state index contributed by atoms with van der Waals surface area (Å²) in [7, 11) is 0. The molecule has 1 heterocycles. The van der Waals surface area contributed by atoms with Crippen molar-refractivity contribution in [2.24, 2.45) is 15.7 Å². The van der Waals surface area contributed by atoms with Crippen molar-refractivity contribution in [2.75, 3.05) is 6.67 Å². The van der Waals surface area contributed by atoms with E-state index in [4.69, 9.17) is 5.73 Å². The van der Waals surface area contributed by atoms with Gasteiger partial charge in [0.25, 0.3) is 0 Å². The molecule has 0 aliphatic carbocycles. The summed E-state index contributed by atoms with van der Waals surface area (Å²) in [5.41, 5.74) is 5.15. The van der Waals surface area contributed by atoms with Crippen molar-refractivity contribution in [3.05, 3.63) is 0 Å². The van der Waals surface area contributed by atoms with E-state index in [1.54, 1.807) is 0 Å². The molecule has 3 N–H and O–H groups in total. The standard InChI is InChI=1S/C3H6N4/c4-3-6-1-5-2-7-3/h1H,2H2,(H3,4,5,6,7). The number of hydrogen-bond acceptors (Lipinski definition) is 4. The van der Waals surface area contributed by atoms with E-state index in [0.717, 1.165) is 0 Å². The van der Waals surface area contributed by atoms with Crippen LogP contribution in [0.15, 0.2) is 9.98 Å². The molecule has 0 radical (unpaired) electrons. The topological polar surface area (TPSA) is 62.8 Å². The first-order chi connectivity index (χ1) is 3.39. The van der Waals surface area contributed by atoms with Crippen LogP contribution in [0.4, 0.5) is 0 Å². The minimum absolute atomic E-state index is 0.346. The highest BCUT2D eigenvalue weighted by Crippen LogP contribution is 1.73. The third-order valence-corrected chi connectivity index (χ3v) is 0.620. The number of rotatable bonds is 0. The Morgan fingerprint density at radius 1 is 1.86 bits per heavy atom. The van der Waals surface area contributed by atoms with Crippen LogP contribution in [0.1, 0.15) is 0 Å². The Bertz CT molecular complexity index is 114. The summed E-state index contributed by atoms with van der Waals surface area (Å²) in [5, 5.41) is 2.76. The van der Waals surface area contributed by atoms with Gasteiger partial charge in [-0.05, 0) is 0 Å². The second-order valence-electron chi connectivity index (χ2n) is 1.14.